The molecule has 0 bridgehead atoms. The Balaban J connectivity index is 2.16. The maximum Gasteiger partial charge on any atom is 0.341 e. The molecule has 126 valence electrons. The van der Waals surface area contributed by atoms with Crippen molar-refractivity contribution >= 4 is 11.9 Å². The van der Waals surface area contributed by atoms with E-state index in [0.29, 0.717) is 11.4 Å². The Morgan fingerprint density at radius 1 is 1.08 bits per heavy atom. The van der Waals surface area contributed by atoms with Gasteiger partial charge >= 0.3 is 11.9 Å². The first kappa shape index (κ1) is 17.6. The molecule has 1 aromatic heterocycles. The van der Waals surface area contributed by atoms with Gasteiger partial charge in [-0.05, 0) is 33.3 Å². The number of carbonyl (C=O) groups excluding carboxylic acids is 1. The van der Waals surface area contributed by atoms with Gasteiger partial charge in [0, 0.05) is 18.0 Å². The number of carbonyl (C=O) groups is 2. The number of rotatable bonds is 4. The Morgan fingerprint density at radius 3 is 2.08 bits per heavy atom. The van der Waals surface area contributed by atoms with Crippen LogP contribution in [0.2, 0.25) is 0 Å². The van der Waals surface area contributed by atoms with Gasteiger partial charge in [0.15, 0.2) is 5.82 Å². The second-order valence-electron chi connectivity index (χ2n) is 6.48. The molecule has 24 heavy (non-hydrogen) atoms. The van der Waals surface area contributed by atoms with Gasteiger partial charge in [0.2, 0.25) is 0 Å². The van der Waals surface area contributed by atoms with Crippen molar-refractivity contribution in [2.75, 3.05) is 0 Å². The van der Waals surface area contributed by atoms with E-state index in [1.165, 1.54) is 12.4 Å². The number of hydrogen-bond acceptors (Lipinski definition) is 5. The van der Waals surface area contributed by atoms with Crippen LogP contribution in [0, 0.1) is 0 Å². The molecule has 0 radical (unpaired) electrons. The van der Waals surface area contributed by atoms with Gasteiger partial charge in [-0.1, -0.05) is 24.3 Å². The van der Waals surface area contributed by atoms with Crippen LogP contribution in [0.5, 0.6) is 0 Å². The van der Waals surface area contributed by atoms with E-state index in [-0.39, 0.29) is 5.56 Å². The van der Waals surface area contributed by atoms with E-state index in [9.17, 15) is 9.59 Å². The summed E-state index contributed by atoms with van der Waals surface area (Å²) in [4.78, 5) is 31.3. The van der Waals surface area contributed by atoms with Crippen molar-refractivity contribution in [2.45, 2.75) is 39.2 Å². The average molecular weight is 328 g/mol. The third kappa shape index (κ3) is 4.38. The molecule has 6 heteroatoms. The average Bonchev–Trinajstić information content (AvgIpc) is 2.53. The van der Waals surface area contributed by atoms with E-state index in [4.69, 9.17) is 9.84 Å². The molecular weight excluding hydrogens is 308 g/mol. The van der Waals surface area contributed by atoms with Crippen LogP contribution < -0.4 is 0 Å². The van der Waals surface area contributed by atoms with Crippen molar-refractivity contribution < 1.29 is 19.4 Å². The Hall–Kier alpha value is -2.76. The highest BCUT2D eigenvalue weighted by Crippen LogP contribution is 2.21. The molecule has 0 aliphatic rings. The van der Waals surface area contributed by atoms with Crippen LogP contribution in [0.25, 0.3) is 11.4 Å². The minimum Gasteiger partial charge on any atom is -0.481 e. The van der Waals surface area contributed by atoms with Gasteiger partial charge in [-0.3, -0.25) is 4.79 Å². The van der Waals surface area contributed by atoms with E-state index >= 15 is 0 Å². The van der Waals surface area contributed by atoms with E-state index in [2.05, 4.69) is 9.97 Å². The fraction of sp³-hybridized carbons (Fsp3) is 0.333. The molecule has 0 saturated heterocycles. The summed E-state index contributed by atoms with van der Waals surface area (Å²) >= 11 is 0. The number of carboxylic acid groups (broad SMARTS) is 1. The van der Waals surface area contributed by atoms with Gasteiger partial charge in [0.25, 0.3) is 0 Å². The minimum atomic E-state index is -0.874. The van der Waals surface area contributed by atoms with Crippen LogP contribution in [0.4, 0.5) is 0 Å². The van der Waals surface area contributed by atoms with Crippen LogP contribution in [0.1, 0.15) is 49.5 Å². The van der Waals surface area contributed by atoms with Crippen molar-refractivity contribution in [1.82, 2.24) is 9.97 Å². The molecule has 1 unspecified atom stereocenters. The number of aromatic nitrogens is 2. The van der Waals surface area contributed by atoms with Crippen molar-refractivity contribution in [3.05, 3.63) is 47.8 Å². The zero-order valence-electron chi connectivity index (χ0n) is 14.1. The minimum absolute atomic E-state index is 0.282. The maximum atomic E-state index is 11.9. The molecular formula is C18H20N2O4. The first-order valence-corrected chi connectivity index (χ1v) is 7.56. The smallest absolute Gasteiger partial charge is 0.341 e. The first-order chi connectivity index (χ1) is 11.2. The summed E-state index contributed by atoms with van der Waals surface area (Å²) in [5, 5.41) is 9.02. The lowest BCUT2D eigenvalue weighted by Gasteiger charge is -2.19. The molecule has 0 aliphatic heterocycles. The molecule has 0 amide bonds. The van der Waals surface area contributed by atoms with Crippen LogP contribution in [-0.2, 0) is 9.53 Å². The number of ether oxygens (including phenoxy) is 1. The zero-order valence-corrected chi connectivity index (χ0v) is 14.1. The van der Waals surface area contributed by atoms with E-state index < -0.39 is 23.5 Å². The van der Waals surface area contributed by atoms with Crippen molar-refractivity contribution in [2.24, 2.45) is 0 Å². The standard InChI is InChI=1S/C18H20N2O4/c1-11(16(21)22)12-5-7-13(8-6-12)15-19-9-14(10-20-15)17(23)24-18(2,3)4/h5-11H,1-4H3,(H,21,22). The predicted octanol–water partition coefficient (Wildman–Crippen LogP) is 3.29. The predicted molar refractivity (Wildman–Crippen MR) is 88.7 cm³/mol. The zero-order chi connectivity index (χ0) is 17.9. The largest absolute Gasteiger partial charge is 0.481 e. The number of carboxylic acids is 1. The number of nitrogens with zero attached hydrogens (tertiary/aromatic N) is 2. The first-order valence-electron chi connectivity index (χ1n) is 7.56. The van der Waals surface area contributed by atoms with Crippen molar-refractivity contribution in [3.63, 3.8) is 0 Å². The highest BCUT2D eigenvalue weighted by atomic mass is 16.6. The molecule has 0 spiro atoms. The van der Waals surface area contributed by atoms with Gasteiger partial charge < -0.3 is 9.84 Å². The van der Waals surface area contributed by atoms with E-state index in [1.807, 2.05) is 0 Å². The molecule has 1 heterocycles. The molecule has 1 atom stereocenters. The number of benzene rings is 1. The molecule has 2 rings (SSSR count). The molecule has 2 aromatic rings. The quantitative estimate of drug-likeness (QED) is 0.866. The fourth-order valence-electron chi connectivity index (χ4n) is 1.98. The molecule has 1 N–H and O–H groups in total. The molecule has 6 nitrogen and oxygen atoms in total. The van der Waals surface area contributed by atoms with Crippen LogP contribution in [0.15, 0.2) is 36.7 Å². The lowest BCUT2D eigenvalue weighted by atomic mass is 10.00. The Labute approximate surface area is 140 Å². The SMILES string of the molecule is CC(C(=O)O)c1ccc(-c2ncc(C(=O)OC(C)(C)C)cn2)cc1. The third-order valence-electron chi connectivity index (χ3n) is 3.33. The van der Waals surface area contributed by atoms with Crippen LogP contribution in [0.3, 0.4) is 0 Å². The Bertz CT molecular complexity index is 731. The Kier molecular flexibility index (Phi) is 4.97. The normalized spacial score (nSPS) is 12.5. The van der Waals surface area contributed by atoms with Gasteiger partial charge in [0.05, 0.1) is 11.5 Å². The fourth-order valence-corrected chi connectivity index (χ4v) is 1.98. The van der Waals surface area contributed by atoms with Crippen LogP contribution >= 0.6 is 0 Å². The second-order valence-corrected chi connectivity index (χ2v) is 6.48. The number of esters is 1. The maximum absolute atomic E-state index is 11.9. The molecule has 0 aliphatic carbocycles. The Morgan fingerprint density at radius 2 is 1.62 bits per heavy atom. The monoisotopic (exact) mass is 328 g/mol. The van der Waals surface area contributed by atoms with E-state index in [1.54, 1.807) is 52.0 Å². The summed E-state index contributed by atoms with van der Waals surface area (Å²) in [7, 11) is 0. The highest BCUT2D eigenvalue weighted by Gasteiger charge is 2.19. The molecule has 1 aromatic carbocycles. The second kappa shape index (κ2) is 6.78. The summed E-state index contributed by atoms with van der Waals surface area (Å²) in [5.74, 6) is -1.47. The van der Waals surface area contributed by atoms with Gasteiger partial charge in [-0.25, -0.2) is 14.8 Å². The van der Waals surface area contributed by atoms with E-state index in [0.717, 1.165) is 5.56 Å². The van der Waals surface area contributed by atoms with Crippen LogP contribution in [-0.4, -0.2) is 32.6 Å². The van der Waals surface area contributed by atoms with Gasteiger partial charge in [-0.2, -0.15) is 0 Å². The van der Waals surface area contributed by atoms with Crippen molar-refractivity contribution in [1.29, 1.82) is 0 Å². The molecule has 0 saturated carbocycles. The lowest BCUT2D eigenvalue weighted by Crippen LogP contribution is -2.24. The van der Waals surface area contributed by atoms with Gasteiger partial charge in [-0.15, -0.1) is 0 Å². The molecule has 0 fully saturated rings. The van der Waals surface area contributed by atoms with Crippen molar-refractivity contribution in [3.8, 4) is 11.4 Å². The number of aliphatic carboxylic acids is 1. The topological polar surface area (TPSA) is 89.4 Å². The lowest BCUT2D eigenvalue weighted by molar-refractivity contribution is -0.138. The highest BCUT2D eigenvalue weighted by molar-refractivity contribution is 5.89. The number of hydrogen-bond donors (Lipinski definition) is 1. The summed E-state index contributed by atoms with van der Waals surface area (Å²) < 4.78 is 5.26. The summed E-state index contributed by atoms with van der Waals surface area (Å²) in [5.41, 5.74) is 1.15. The summed E-state index contributed by atoms with van der Waals surface area (Å²) in [6.45, 7) is 7.00. The third-order valence-corrected chi connectivity index (χ3v) is 3.33. The van der Waals surface area contributed by atoms with Gasteiger partial charge in [0.1, 0.15) is 5.60 Å². The summed E-state index contributed by atoms with van der Waals surface area (Å²) in [6.07, 6.45) is 2.84. The summed E-state index contributed by atoms with van der Waals surface area (Å²) in [6, 6.07) is 6.99.